The predicted octanol–water partition coefficient (Wildman–Crippen LogP) is 1.41. The molecule has 0 bridgehead atoms. The van der Waals surface area contributed by atoms with Gasteiger partial charge in [-0.1, -0.05) is 5.92 Å². The van der Waals surface area contributed by atoms with Gasteiger partial charge in [-0.05, 0) is 34.6 Å². The Hall–Kier alpha value is -0.640. The average molecular weight is 268 g/mol. The molecule has 0 aromatic rings. The fraction of sp³-hybridized carbons (Fsp3) is 0.857. The van der Waals surface area contributed by atoms with Crippen molar-refractivity contribution in [2.75, 3.05) is 0 Å². The van der Waals surface area contributed by atoms with E-state index in [1.165, 1.54) is 0 Å². The van der Waals surface area contributed by atoms with Crippen molar-refractivity contribution in [2.45, 2.75) is 76.9 Å². The normalized spacial score (nSPS) is 46.1. The molecule has 5 heteroatoms. The van der Waals surface area contributed by atoms with Crippen LogP contribution in [0.1, 0.15) is 34.6 Å². The van der Waals surface area contributed by atoms with Gasteiger partial charge in [-0.2, -0.15) is 0 Å². The maximum atomic E-state index is 5.96. The van der Waals surface area contributed by atoms with Gasteiger partial charge in [0.15, 0.2) is 17.9 Å². The maximum absolute atomic E-state index is 5.96. The van der Waals surface area contributed by atoms with Gasteiger partial charge in [-0.25, -0.2) is 0 Å². The average Bonchev–Trinajstić information content (AvgIpc) is 2.74. The molecule has 3 aliphatic heterocycles. The lowest BCUT2D eigenvalue weighted by Crippen LogP contribution is -2.54. The number of hydrogen-bond donors (Lipinski definition) is 0. The number of ether oxygens (including phenoxy) is 5. The Labute approximate surface area is 113 Å². The lowest BCUT2D eigenvalue weighted by atomic mass is 9.99. The molecule has 3 aliphatic rings. The van der Waals surface area contributed by atoms with Crippen molar-refractivity contribution in [2.24, 2.45) is 0 Å². The second-order valence-corrected chi connectivity index (χ2v) is 5.98. The van der Waals surface area contributed by atoms with Crippen LogP contribution >= 0.6 is 0 Å². The Balaban J connectivity index is 1.90. The summed E-state index contributed by atoms with van der Waals surface area (Å²) >= 11 is 0. The van der Waals surface area contributed by atoms with E-state index in [4.69, 9.17) is 23.7 Å². The minimum Gasteiger partial charge on any atom is -0.341 e. The molecule has 5 atom stereocenters. The van der Waals surface area contributed by atoms with Gasteiger partial charge in [0, 0.05) is 0 Å². The summed E-state index contributed by atoms with van der Waals surface area (Å²) in [6.45, 7) is 9.28. The van der Waals surface area contributed by atoms with Gasteiger partial charge in [0.25, 0.3) is 0 Å². The van der Waals surface area contributed by atoms with Crippen LogP contribution < -0.4 is 0 Å². The third-order valence-electron chi connectivity index (χ3n) is 3.44. The van der Waals surface area contributed by atoms with Crippen molar-refractivity contribution < 1.29 is 23.7 Å². The Morgan fingerprint density at radius 1 is 0.789 bits per heavy atom. The van der Waals surface area contributed by atoms with Gasteiger partial charge in [0.05, 0.1) is 0 Å². The third-order valence-corrected chi connectivity index (χ3v) is 3.44. The topological polar surface area (TPSA) is 46.2 Å². The van der Waals surface area contributed by atoms with Crippen LogP contribution in [0.5, 0.6) is 0 Å². The van der Waals surface area contributed by atoms with Crippen molar-refractivity contribution in [3.8, 4) is 11.8 Å². The van der Waals surface area contributed by atoms with E-state index in [1.807, 2.05) is 27.7 Å². The Morgan fingerprint density at radius 3 is 2.05 bits per heavy atom. The molecule has 0 aromatic carbocycles. The van der Waals surface area contributed by atoms with E-state index in [0.29, 0.717) is 0 Å². The Bertz CT molecular complexity index is 433. The SMILES string of the molecule is CC#C[C@@H]1OC2OC(C)(C)OC2[C@@H]2OC(C)(C)OC21. The summed E-state index contributed by atoms with van der Waals surface area (Å²) in [5.74, 6) is 4.56. The van der Waals surface area contributed by atoms with E-state index in [2.05, 4.69) is 11.8 Å². The van der Waals surface area contributed by atoms with Crippen molar-refractivity contribution in [1.29, 1.82) is 0 Å². The molecule has 0 spiro atoms. The number of fused-ring (bicyclic) bond motifs is 3. The lowest BCUT2D eigenvalue weighted by molar-refractivity contribution is -0.220. The van der Waals surface area contributed by atoms with E-state index < -0.39 is 17.9 Å². The van der Waals surface area contributed by atoms with Gasteiger partial charge in [0.2, 0.25) is 0 Å². The predicted molar refractivity (Wildman–Crippen MR) is 66.0 cm³/mol. The molecule has 19 heavy (non-hydrogen) atoms. The monoisotopic (exact) mass is 268 g/mol. The highest BCUT2D eigenvalue weighted by atomic mass is 16.9. The zero-order chi connectivity index (χ0) is 13.8. The Kier molecular flexibility index (Phi) is 2.93. The summed E-state index contributed by atoms with van der Waals surface area (Å²) in [5, 5.41) is 0. The van der Waals surface area contributed by atoms with Crippen molar-refractivity contribution >= 4 is 0 Å². The van der Waals surface area contributed by atoms with Crippen molar-refractivity contribution in [3.63, 3.8) is 0 Å². The molecule has 0 aliphatic carbocycles. The van der Waals surface area contributed by atoms with Crippen LogP contribution in [0.15, 0.2) is 0 Å². The van der Waals surface area contributed by atoms with Gasteiger partial charge in [-0.3, -0.25) is 0 Å². The van der Waals surface area contributed by atoms with E-state index in [9.17, 15) is 0 Å². The molecule has 0 aromatic heterocycles. The quantitative estimate of drug-likeness (QED) is 0.622. The Morgan fingerprint density at radius 2 is 1.37 bits per heavy atom. The van der Waals surface area contributed by atoms with Gasteiger partial charge >= 0.3 is 0 Å². The molecular weight excluding hydrogens is 248 g/mol. The zero-order valence-corrected chi connectivity index (χ0v) is 11.9. The molecule has 3 unspecified atom stereocenters. The van der Waals surface area contributed by atoms with Crippen molar-refractivity contribution in [1.82, 2.24) is 0 Å². The maximum Gasteiger partial charge on any atom is 0.191 e. The van der Waals surface area contributed by atoms with E-state index >= 15 is 0 Å². The first-order chi connectivity index (χ1) is 8.81. The first kappa shape index (κ1) is 13.3. The highest BCUT2D eigenvalue weighted by molar-refractivity contribution is 5.13. The van der Waals surface area contributed by atoms with E-state index in [1.54, 1.807) is 6.92 Å². The van der Waals surface area contributed by atoms with Gasteiger partial charge in [0.1, 0.15) is 24.4 Å². The van der Waals surface area contributed by atoms with Crippen LogP contribution in [-0.2, 0) is 23.7 Å². The summed E-state index contributed by atoms with van der Waals surface area (Å²) in [6.07, 6.45) is -1.56. The first-order valence-corrected chi connectivity index (χ1v) is 6.60. The molecule has 5 nitrogen and oxygen atoms in total. The molecule has 3 fully saturated rings. The lowest BCUT2D eigenvalue weighted by Gasteiger charge is -2.34. The largest absolute Gasteiger partial charge is 0.341 e. The molecule has 0 saturated carbocycles. The third kappa shape index (κ3) is 2.28. The second kappa shape index (κ2) is 4.18. The highest BCUT2D eigenvalue weighted by Crippen LogP contribution is 2.43. The zero-order valence-electron chi connectivity index (χ0n) is 11.9. The summed E-state index contributed by atoms with van der Waals surface area (Å²) in [4.78, 5) is 0. The summed E-state index contributed by atoms with van der Waals surface area (Å²) in [7, 11) is 0. The first-order valence-electron chi connectivity index (χ1n) is 6.60. The fourth-order valence-corrected chi connectivity index (χ4v) is 2.87. The van der Waals surface area contributed by atoms with Gasteiger partial charge < -0.3 is 23.7 Å². The number of rotatable bonds is 0. The molecule has 0 N–H and O–H groups in total. The molecular formula is C14H20O5. The minimum absolute atomic E-state index is 0.221. The molecule has 3 heterocycles. The van der Waals surface area contributed by atoms with Crippen LogP contribution in [0.4, 0.5) is 0 Å². The second-order valence-electron chi connectivity index (χ2n) is 5.98. The molecule has 3 saturated heterocycles. The smallest absolute Gasteiger partial charge is 0.191 e. The van der Waals surface area contributed by atoms with Gasteiger partial charge in [-0.15, -0.1) is 5.92 Å². The van der Waals surface area contributed by atoms with E-state index in [-0.39, 0.29) is 24.4 Å². The summed E-state index contributed by atoms with van der Waals surface area (Å²) in [5.41, 5.74) is 0. The molecule has 0 amide bonds. The van der Waals surface area contributed by atoms with Crippen LogP contribution in [0.25, 0.3) is 0 Å². The molecule has 3 rings (SSSR count). The minimum atomic E-state index is -0.676. The van der Waals surface area contributed by atoms with Crippen LogP contribution in [-0.4, -0.2) is 42.3 Å². The highest BCUT2D eigenvalue weighted by Gasteiger charge is 2.60. The van der Waals surface area contributed by atoms with Crippen LogP contribution in [0.3, 0.4) is 0 Å². The summed E-state index contributed by atoms with van der Waals surface area (Å²) in [6, 6.07) is 0. The van der Waals surface area contributed by atoms with Crippen molar-refractivity contribution in [3.05, 3.63) is 0 Å². The fourth-order valence-electron chi connectivity index (χ4n) is 2.87. The standard InChI is InChI=1S/C14H20O5/c1-6-7-8-9-10(17-13(2,3)16-9)11-12(15-8)19-14(4,5)18-11/h8-12H,1-5H3/t8-,9?,10+,11?,12?/m0/s1. The van der Waals surface area contributed by atoms with Crippen LogP contribution in [0.2, 0.25) is 0 Å². The molecule has 0 radical (unpaired) electrons. The summed E-state index contributed by atoms with van der Waals surface area (Å²) < 4.78 is 29.4. The number of hydrogen-bond acceptors (Lipinski definition) is 5. The van der Waals surface area contributed by atoms with Crippen LogP contribution in [0, 0.1) is 11.8 Å². The molecule has 106 valence electrons. The van der Waals surface area contributed by atoms with E-state index in [0.717, 1.165) is 0 Å².